The van der Waals surface area contributed by atoms with Gasteiger partial charge in [-0.05, 0) is 19.3 Å². The first-order valence-corrected chi connectivity index (χ1v) is 7.33. The zero-order valence-corrected chi connectivity index (χ0v) is 12.5. The SMILES string of the molecule is CCCCOCCCNc1c(N)c(CCC)nn1C. The number of aromatic nitrogens is 2. The summed E-state index contributed by atoms with van der Waals surface area (Å²) in [5.74, 6) is 0.928. The third-order valence-corrected chi connectivity index (χ3v) is 3.05. The van der Waals surface area contributed by atoms with E-state index >= 15 is 0 Å². The minimum Gasteiger partial charge on any atom is -0.394 e. The second-order valence-electron chi connectivity index (χ2n) is 4.83. The molecule has 3 N–H and O–H groups in total. The lowest BCUT2D eigenvalue weighted by atomic mass is 10.2. The van der Waals surface area contributed by atoms with E-state index < -0.39 is 0 Å². The smallest absolute Gasteiger partial charge is 0.147 e. The second kappa shape index (κ2) is 8.80. The molecule has 0 spiro atoms. The predicted octanol–water partition coefficient (Wildman–Crippen LogP) is 2.57. The number of hydrogen-bond donors (Lipinski definition) is 2. The number of anilines is 2. The fourth-order valence-corrected chi connectivity index (χ4v) is 1.96. The largest absolute Gasteiger partial charge is 0.394 e. The van der Waals surface area contributed by atoms with Gasteiger partial charge in [-0.2, -0.15) is 5.10 Å². The Morgan fingerprint density at radius 3 is 2.63 bits per heavy atom. The minimum atomic E-state index is 0.788. The highest BCUT2D eigenvalue weighted by Gasteiger charge is 2.11. The van der Waals surface area contributed by atoms with Crippen LogP contribution < -0.4 is 11.1 Å². The molecule has 0 aliphatic heterocycles. The van der Waals surface area contributed by atoms with Crippen LogP contribution in [0.2, 0.25) is 0 Å². The monoisotopic (exact) mass is 268 g/mol. The summed E-state index contributed by atoms with van der Waals surface area (Å²) < 4.78 is 7.35. The number of nitrogens with two attached hydrogens (primary N) is 1. The molecular weight excluding hydrogens is 240 g/mol. The standard InChI is InChI=1S/C14H28N4O/c1-4-6-10-19-11-7-9-16-14-13(15)12(8-5-2)17-18(14)3/h16H,4-11,15H2,1-3H3. The highest BCUT2D eigenvalue weighted by molar-refractivity contribution is 5.64. The Morgan fingerprint density at radius 2 is 1.95 bits per heavy atom. The van der Waals surface area contributed by atoms with Gasteiger partial charge in [0, 0.05) is 26.8 Å². The number of ether oxygens (including phenoxy) is 1. The van der Waals surface area contributed by atoms with E-state index in [9.17, 15) is 0 Å². The van der Waals surface area contributed by atoms with Crippen LogP contribution in [0.4, 0.5) is 11.5 Å². The molecular formula is C14H28N4O. The normalized spacial score (nSPS) is 10.9. The van der Waals surface area contributed by atoms with Crippen molar-refractivity contribution in [2.24, 2.45) is 7.05 Å². The second-order valence-corrected chi connectivity index (χ2v) is 4.83. The quantitative estimate of drug-likeness (QED) is 0.640. The van der Waals surface area contributed by atoms with E-state index in [4.69, 9.17) is 10.5 Å². The van der Waals surface area contributed by atoms with Crippen LogP contribution in [0.25, 0.3) is 0 Å². The molecule has 1 aromatic heterocycles. The number of aryl methyl sites for hydroxylation is 2. The molecule has 0 atom stereocenters. The van der Waals surface area contributed by atoms with Gasteiger partial charge in [0.25, 0.3) is 0 Å². The molecule has 0 saturated carbocycles. The molecule has 5 heteroatoms. The molecule has 0 amide bonds. The minimum absolute atomic E-state index is 0.788. The highest BCUT2D eigenvalue weighted by atomic mass is 16.5. The summed E-state index contributed by atoms with van der Waals surface area (Å²) in [6.45, 7) is 6.83. The third-order valence-electron chi connectivity index (χ3n) is 3.05. The molecule has 0 aliphatic rings. The van der Waals surface area contributed by atoms with Crippen LogP contribution in [-0.2, 0) is 18.2 Å². The Labute approximate surface area is 116 Å². The summed E-state index contributed by atoms with van der Waals surface area (Å²) in [5, 5.41) is 7.78. The number of rotatable bonds is 10. The van der Waals surface area contributed by atoms with Crippen molar-refractivity contribution >= 4 is 11.5 Å². The Balaban J connectivity index is 2.29. The lowest BCUT2D eigenvalue weighted by molar-refractivity contribution is 0.131. The molecule has 19 heavy (non-hydrogen) atoms. The van der Waals surface area contributed by atoms with Gasteiger partial charge in [-0.15, -0.1) is 0 Å². The molecule has 0 aliphatic carbocycles. The van der Waals surface area contributed by atoms with E-state index in [1.165, 1.54) is 6.42 Å². The average molecular weight is 268 g/mol. The van der Waals surface area contributed by atoms with Crippen molar-refractivity contribution in [1.29, 1.82) is 0 Å². The first-order chi connectivity index (χ1) is 9.20. The first-order valence-electron chi connectivity index (χ1n) is 7.33. The molecule has 0 unspecified atom stereocenters. The molecule has 110 valence electrons. The van der Waals surface area contributed by atoms with Crippen molar-refractivity contribution in [2.45, 2.75) is 46.0 Å². The van der Waals surface area contributed by atoms with Gasteiger partial charge in [-0.1, -0.05) is 26.7 Å². The van der Waals surface area contributed by atoms with Gasteiger partial charge in [-0.25, -0.2) is 0 Å². The molecule has 1 rings (SSSR count). The fraction of sp³-hybridized carbons (Fsp3) is 0.786. The van der Waals surface area contributed by atoms with Gasteiger partial charge >= 0.3 is 0 Å². The van der Waals surface area contributed by atoms with E-state index in [0.717, 1.165) is 62.6 Å². The van der Waals surface area contributed by atoms with Gasteiger partial charge in [0.05, 0.1) is 11.4 Å². The third kappa shape index (κ3) is 5.11. The summed E-state index contributed by atoms with van der Waals surface area (Å²) in [4.78, 5) is 0. The topological polar surface area (TPSA) is 65.1 Å². The Morgan fingerprint density at radius 1 is 1.21 bits per heavy atom. The average Bonchev–Trinajstić information content (AvgIpc) is 2.65. The maximum absolute atomic E-state index is 6.09. The van der Waals surface area contributed by atoms with Crippen LogP contribution in [-0.4, -0.2) is 29.5 Å². The van der Waals surface area contributed by atoms with E-state index in [2.05, 4.69) is 24.3 Å². The molecule has 0 bridgehead atoms. The van der Waals surface area contributed by atoms with E-state index in [-0.39, 0.29) is 0 Å². The molecule has 1 aromatic rings. The van der Waals surface area contributed by atoms with Crippen LogP contribution in [0.15, 0.2) is 0 Å². The summed E-state index contributed by atoms with van der Waals surface area (Å²) >= 11 is 0. The number of hydrogen-bond acceptors (Lipinski definition) is 4. The lowest BCUT2D eigenvalue weighted by Crippen LogP contribution is -2.10. The van der Waals surface area contributed by atoms with E-state index in [0.29, 0.717) is 0 Å². The van der Waals surface area contributed by atoms with E-state index in [1.807, 2.05) is 11.7 Å². The summed E-state index contributed by atoms with van der Waals surface area (Å²) in [7, 11) is 1.93. The van der Waals surface area contributed by atoms with Crippen LogP contribution >= 0.6 is 0 Å². The molecule has 0 aromatic carbocycles. The number of nitrogen functional groups attached to an aromatic ring is 1. The Hall–Kier alpha value is -1.23. The van der Waals surface area contributed by atoms with E-state index in [1.54, 1.807) is 0 Å². The summed E-state index contributed by atoms with van der Waals surface area (Å²) in [6.07, 6.45) is 5.30. The maximum Gasteiger partial charge on any atom is 0.147 e. The molecule has 0 radical (unpaired) electrons. The Bertz CT molecular complexity index is 363. The van der Waals surface area contributed by atoms with Crippen LogP contribution in [0.3, 0.4) is 0 Å². The van der Waals surface area contributed by atoms with Gasteiger partial charge < -0.3 is 15.8 Å². The number of unbranched alkanes of at least 4 members (excludes halogenated alkanes) is 1. The molecule has 0 saturated heterocycles. The van der Waals surface area contributed by atoms with Crippen LogP contribution in [0.5, 0.6) is 0 Å². The molecule has 5 nitrogen and oxygen atoms in total. The van der Waals surface area contributed by atoms with Gasteiger partial charge in [0.15, 0.2) is 0 Å². The van der Waals surface area contributed by atoms with Crippen molar-refractivity contribution in [2.75, 3.05) is 30.8 Å². The van der Waals surface area contributed by atoms with Crippen molar-refractivity contribution < 1.29 is 4.74 Å². The zero-order chi connectivity index (χ0) is 14.1. The predicted molar refractivity (Wildman–Crippen MR) is 80.4 cm³/mol. The first kappa shape index (κ1) is 15.8. The molecule has 1 heterocycles. The van der Waals surface area contributed by atoms with Gasteiger partial charge in [-0.3, -0.25) is 4.68 Å². The van der Waals surface area contributed by atoms with Gasteiger partial charge in [0.1, 0.15) is 5.82 Å². The van der Waals surface area contributed by atoms with Gasteiger partial charge in [0.2, 0.25) is 0 Å². The Kier molecular flexibility index (Phi) is 7.33. The number of nitrogens with one attached hydrogen (secondary N) is 1. The fourth-order valence-electron chi connectivity index (χ4n) is 1.96. The van der Waals surface area contributed by atoms with Crippen molar-refractivity contribution in [3.8, 4) is 0 Å². The lowest BCUT2D eigenvalue weighted by Gasteiger charge is -2.08. The molecule has 0 fully saturated rings. The maximum atomic E-state index is 6.09. The van der Waals surface area contributed by atoms with Crippen molar-refractivity contribution in [3.63, 3.8) is 0 Å². The zero-order valence-electron chi connectivity index (χ0n) is 12.5. The van der Waals surface area contributed by atoms with Crippen LogP contribution in [0.1, 0.15) is 45.2 Å². The van der Waals surface area contributed by atoms with Crippen molar-refractivity contribution in [1.82, 2.24) is 9.78 Å². The summed E-state index contributed by atoms with van der Waals surface area (Å²) in [5.41, 5.74) is 7.87. The number of nitrogens with zero attached hydrogens (tertiary/aromatic N) is 2. The summed E-state index contributed by atoms with van der Waals surface area (Å²) in [6, 6.07) is 0. The van der Waals surface area contributed by atoms with Crippen LogP contribution in [0, 0.1) is 0 Å². The van der Waals surface area contributed by atoms with Crippen molar-refractivity contribution in [3.05, 3.63) is 5.69 Å². The highest BCUT2D eigenvalue weighted by Crippen LogP contribution is 2.22.